The average molecular weight is 379 g/mol. The van der Waals surface area contributed by atoms with Crippen LogP contribution in [-0.4, -0.2) is 25.4 Å². The van der Waals surface area contributed by atoms with Gasteiger partial charge in [-0.1, -0.05) is 44.2 Å². The number of esters is 1. The summed E-state index contributed by atoms with van der Waals surface area (Å²) in [6.45, 7) is 3.79. The summed E-state index contributed by atoms with van der Waals surface area (Å²) in [5.41, 5.74) is 3.42. The molecule has 28 heavy (non-hydrogen) atoms. The van der Waals surface area contributed by atoms with E-state index < -0.39 is 5.97 Å². The highest BCUT2D eigenvalue weighted by Crippen LogP contribution is 2.46. The van der Waals surface area contributed by atoms with Crippen LogP contribution < -0.4 is 4.90 Å². The second-order valence-corrected chi connectivity index (χ2v) is 7.19. The number of hydrogen-bond acceptors (Lipinski definition) is 4. The van der Waals surface area contributed by atoms with Crippen LogP contribution in [0.15, 0.2) is 66.4 Å². The van der Waals surface area contributed by atoms with Crippen LogP contribution in [0.4, 0.5) is 10.1 Å². The van der Waals surface area contributed by atoms with Crippen molar-refractivity contribution in [2.45, 2.75) is 19.3 Å². The van der Waals surface area contributed by atoms with Crippen LogP contribution in [0.2, 0.25) is 0 Å². The molecule has 0 amide bonds. The van der Waals surface area contributed by atoms with E-state index in [0.29, 0.717) is 5.56 Å². The van der Waals surface area contributed by atoms with Gasteiger partial charge < -0.3 is 9.64 Å². The number of anilines is 1. The zero-order valence-corrected chi connectivity index (χ0v) is 16.1. The summed E-state index contributed by atoms with van der Waals surface area (Å²) in [4.78, 5) is 26.2. The second kappa shape index (κ2) is 7.80. The molecule has 0 aliphatic carbocycles. The van der Waals surface area contributed by atoms with Crippen molar-refractivity contribution in [1.82, 2.24) is 0 Å². The van der Waals surface area contributed by atoms with E-state index >= 15 is 0 Å². The molecule has 2 aromatic carbocycles. The Balaban J connectivity index is 1.62. The smallest absolute Gasteiger partial charge is 0.331 e. The molecule has 4 nitrogen and oxygen atoms in total. The van der Waals surface area contributed by atoms with Crippen LogP contribution in [0, 0.1) is 5.82 Å². The molecule has 0 N–H and O–H groups in total. The molecule has 1 heterocycles. The van der Waals surface area contributed by atoms with Crippen molar-refractivity contribution in [3.05, 3.63) is 83.3 Å². The molecule has 2 aromatic rings. The molecule has 5 heteroatoms. The van der Waals surface area contributed by atoms with E-state index in [1.807, 2.05) is 30.1 Å². The van der Waals surface area contributed by atoms with Gasteiger partial charge in [0.2, 0.25) is 0 Å². The molecule has 0 radical (unpaired) electrons. The van der Waals surface area contributed by atoms with Crippen molar-refractivity contribution >= 4 is 23.5 Å². The van der Waals surface area contributed by atoms with Gasteiger partial charge in [0.05, 0.1) is 0 Å². The van der Waals surface area contributed by atoms with Crippen LogP contribution in [0.25, 0.3) is 6.08 Å². The molecule has 0 unspecified atom stereocenters. The summed E-state index contributed by atoms with van der Waals surface area (Å²) >= 11 is 0. The third-order valence-corrected chi connectivity index (χ3v) is 4.88. The molecule has 0 fully saturated rings. The van der Waals surface area contributed by atoms with Gasteiger partial charge >= 0.3 is 5.97 Å². The van der Waals surface area contributed by atoms with Crippen LogP contribution in [0.1, 0.15) is 25.0 Å². The standard InChI is InChI=1S/C23H22FNO3/c1-23(2)19-6-4-5-7-20(19)25(3)21(23)14-18(26)15-28-22(27)13-10-16-8-11-17(24)12-9-16/h4-14H,15H2,1-3H3. The summed E-state index contributed by atoms with van der Waals surface area (Å²) in [5, 5.41) is 0. The van der Waals surface area contributed by atoms with Gasteiger partial charge in [-0.2, -0.15) is 0 Å². The largest absolute Gasteiger partial charge is 0.454 e. The molecular weight excluding hydrogens is 357 g/mol. The molecular formula is C23H22FNO3. The number of ether oxygens (including phenoxy) is 1. The van der Waals surface area contributed by atoms with Gasteiger partial charge in [-0.05, 0) is 35.4 Å². The Morgan fingerprint density at radius 1 is 1.11 bits per heavy atom. The predicted molar refractivity (Wildman–Crippen MR) is 107 cm³/mol. The average Bonchev–Trinajstić information content (AvgIpc) is 2.87. The molecule has 0 saturated carbocycles. The zero-order chi connectivity index (χ0) is 20.3. The van der Waals surface area contributed by atoms with Crippen LogP contribution in [-0.2, 0) is 19.7 Å². The number of hydrogen-bond donors (Lipinski definition) is 0. The van der Waals surface area contributed by atoms with E-state index in [-0.39, 0.29) is 23.6 Å². The van der Waals surface area contributed by atoms with Crippen molar-refractivity contribution < 1.29 is 18.7 Å². The third kappa shape index (κ3) is 4.03. The molecule has 0 aromatic heterocycles. The molecule has 0 atom stereocenters. The lowest BCUT2D eigenvalue weighted by molar-refractivity contribution is -0.141. The Morgan fingerprint density at radius 2 is 1.79 bits per heavy atom. The number of nitrogens with zero attached hydrogens (tertiary/aromatic N) is 1. The molecule has 1 aliphatic rings. The quantitative estimate of drug-likeness (QED) is 0.575. The monoisotopic (exact) mass is 379 g/mol. The van der Waals surface area contributed by atoms with Gasteiger partial charge in [0.1, 0.15) is 5.82 Å². The Labute approximate surface area is 163 Å². The van der Waals surface area contributed by atoms with Crippen LogP contribution in [0.3, 0.4) is 0 Å². The van der Waals surface area contributed by atoms with Gasteiger partial charge in [0.25, 0.3) is 0 Å². The third-order valence-electron chi connectivity index (χ3n) is 4.88. The Morgan fingerprint density at radius 3 is 2.46 bits per heavy atom. The fourth-order valence-electron chi connectivity index (χ4n) is 3.38. The Bertz CT molecular complexity index is 958. The van der Waals surface area contributed by atoms with Gasteiger partial charge in [-0.25, -0.2) is 9.18 Å². The molecule has 1 aliphatic heterocycles. The van der Waals surface area contributed by atoms with Gasteiger partial charge in [-0.15, -0.1) is 0 Å². The normalized spacial score (nSPS) is 16.4. The predicted octanol–water partition coefficient (Wildman–Crippen LogP) is 4.26. The molecule has 0 saturated heterocycles. The SMILES string of the molecule is CN1C(=CC(=O)COC(=O)C=Cc2ccc(F)cc2)C(C)(C)c2ccccc21. The van der Waals surface area contributed by atoms with E-state index in [1.165, 1.54) is 30.4 Å². The molecule has 144 valence electrons. The van der Waals surface area contributed by atoms with Gasteiger partial charge in [0, 0.05) is 36.0 Å². The van der Waals surface area contributed by atoms with Gasteiger partial charge in [0.15, 0.2) is 12.4 Å². The number of para-hydroxylation sites is 1. The number of carbonyl (C=O) groups is 2. The number of carbonyl (C=O) groups excluding carboxylic acids is 2. The van der Waals surface area contributed by atoms with Crippen molar-refractivity contribution in [2.24, 2.45) is 0 Å². The maximum atomic E-state index is 12.9. The second-order valence-electron chi connectivity index (χ2n) is 7.19. The minimum absolute atomic E-state index is 0.286. The van der Waals surface area contributed by atoms with E-state index in [2.05, 4.69) is 19.9 Å². The fourth-order valence-corrected chi connectivity index (χ4v) is 3.38. The first-order valence-electron chi connectivity index (χ1n) is 8.97. The van der Waals surface area contributed by atoms with E-state index in [4.69, 9.17) is 4.74 Å². The number of halogens is 1. The van der Waals surface area contributed by atoms with E-state index in [1.54, 1.807) is 12.1 Å². The first-order chi connectivity index (χ1) is 13.3. The van der Waals surface area contributed by atoms with Crippen molar-refractivity contribution in [1.29, 1.82) is 0 Å². The number of rotatable bonds is 5. The van der Waals surface area contributed by atoms with Crippen molar-refractivity contribution in [2.75, 3.05) is 18.6 Å². The van der Waals surface area contributed by atoms with E-state index in [0.717, 1.165) is 16.9 Å². The van der Waals surface area contributed by atoms with Crippen LogP contribution in [0.5, 0.6) is 0 Å². The van der Waals surface area contributed by atoms with Crippen molar-refractivity contribution in [3.63, 3.8) is 0 Å². The summed E-state index contributed by atoms with van der Waals surface area (Å²) in [7, 11) is 1.92. The van der Waals surface area contributed by atoms with Crippen LogP contribution >= 0.6 is 0 Å². The molecule has 0 spiro atoms. The van der Waals surface area contributed by atoms with Gasteiger partial charge in [-0.3, -0.25) is 4.79 Å². The maximum absolute atomic E-state index is 12.9. The minimum Gasteiger partial charge on any atom is -0.454 e. The minimum atomic E-state index is -0.626. The number of ketones is 1. The van der Waals surface area contributed by atoms with Crippen molar-refractivity contribution in [3.8, 4) is 0 Å². The van der Waals surface area contributed by atoms with E-state index in [9.17, 15) is 14.0 Å². The maximum Gasteiger partial charge on any atom is 0.331 e. The zero-order valence-electron chi connectivity index (χ0n) is 16.1. The molecule has 3 rings (SSSR count). The summed E-state index contributed by atoms with van der Waals surface area (Å²) < 4.78 is 17.9. The first-order valence-corrected chi connectivity index (χ1v) is 8.97. The topological polar surface area (TPSA) is 46.6 Å². The highest BCUT2D eigenvalue weighted by molar-refractivity contribution is 5.96. The Kier molecular flexibility index (Phi) is 5.45. The number of likely N-dealkylation sites (N-methyl/N-ethyl adjacent to an activating group) is 1. The lowest BCUT2D eigenvalue weighted by atomic mass is 9.83. The Hall–Kier alpha value is -3.21. The highest BCUT2D eigenvalue weighted by Gasteiger charge is 2.38. The highest BCUT2D eigenvalue weighted by atomic mass is 19.1. The lowest BCUT2D eigenvalue weighted by Crippen LogP contribution is -2.25. The number of allylic oxidation sites excluding steroid dienone is 1. The number of fused-ring (bicyclic) bond motifs is 1. The number of benzene rings is 2. The summed E-state index contributed by atoms with van der Waals surface area (Å²) in [6, 6.07) is 13.7. The molecule has 0 bridgehead atoms. The summed E-state index contributed by atoms with van der Waals surface area (Å²) in [5.74, 6) is -1.26. The fraction of sp³-hybridized carbons (Fsp3) is 0.217. The lowest BCUT2D eigenvalue weighted by Gasteiger charge is -2.23. The first kappa shape index (κ1) is 19.5. The summed E-state index contributed by atoms with van der Waals surface area (Å²) in [6.07, 6.45) is 4.27.